The predicted molar refractivity (Wildman–Crippen MR) is 109 cm³/mol. The summed E-state index contributed by atoms with van der Waals surface area (Å²) in [5, 5.41) is 4.66. The molecule has 0 bridgehead atoms. The molecule has 0 aliphatic rings. The topological polar surface area (TPSA) is 26.0 Å². The van der Waals surface area contributed by atoms with Crippen molar-refractivity contribution < 1.29 is 0 Å². The molecule has 0 aliphatic carbocycles. The third-order valence-corrected chi connectivity index (χ3v) is 5.04. The highest BCUT2D eigenvalue weighted by Crippen LogP contribution is 2.13. The van der Waals surface area contributed by atoms with Crippen LogP contribution in [-0.2, 0) is 19.8 Å². The molecule has 1 aromatic heterocycles. The third-order valence-electron chi connectivity index (χ3n) is 4.61. The van der Waals surface area contributed by atoms with Crippen LogP contribution in [0.2, 0.25) is 0 Å². The molecular weight excluding hydrogens is 340 g/mol. The van der Waals surface area contributed by atoms with Crippen LogP contribution in [0.4, 0.5) is 0 Å². The van der Waals surface area contributed by atoms with Crippen molar-refractivity contribution >= 4 is 12.2 Å². The molecule has 3 aromatic rings. The fraction of sp³-hybridized carbons (Fsp3) is 0.333. The maximum atomic E-state index is 5.67. The van der Waals surface area contributed by atoms with Crippen LogP contribution in [0.25, 0.3) is 0 Å². The normalized spacial score (nSPS) is 11.3. The summed E-state index contributed by atoms with van der Waals surface area (Å²) in [6.45, 7) is 8.61. The Kier molecular flexibility index (Phi) is 5.69. The van der Waals surface area contributed by atoms with Crippen molar-refractivity contribution in [3.05, 3.63) is 81.4 Å². The summed E-state index contributed by atoms with van der Waals surface area (Å²) in [6, 6.07) is 17.0. The Balaban J connectivity index is 1.73. The van der Waals surface area contributed by atoms with E-state index in [1.165, 1.54) is 22.3 Å². The second kappa shape index (κ2) is 7.98. The van der Waals surface area contributed by atoms with Crippen LogP contribution in [0, 0.1) is 25.5 Å². The molecule has 0 atom stereocenters. The molecule has 0 amide bonds. The monoisotopic (exact) mass is 366 g/mol. The molecular formula is C21H26N4S. The molecule has 0 unspecified atom stereocenters. The number of hydrogen-bond donors (Lipinski definition) is 0. The van der Waals surface area contributed by atoms with Crippen molar-refractivity contribution in [2.45, 2.75) is 40.5 Å². The molecule has 0 spiro atoms. The molecule has 0 radical (unpaired) electrons. The van der Waals surface area contributed by atoms with Crippen LogP contribution in [0.3, 0.4) is 0 Å². The van der Waals surface area contributed by atoms with Gasteiger partial charge < -0.3 is 0 Å². The van der Waals surface area contributed by atoms with E-state index in [0.29, 0.717) is 6.67 Å². The fourth-order valence-electron chi connectivity index (χ4n) is 3.18. The number of hydrogen-bond acceptors (Lipinski definition) is 3. The van der Waals surface area contributed by atoms with Crippen LogP contribution in [-0.4, -0.2) is 26.3 Å². The second-order valence-electron chi connectivity index (χ2n) is 6.99. The Labute approximate surface area is 160 Å². The molecule has 0 N–H and O–H groups in total. The van der Waals surface area contributed by atoms with Crippen molar-refractivity contribution in [2.75, 3.05) is 7.05 Å². The largest absolute Gasteiger partial charge is 0.300 e. The van der Waals surface area contributed by atoms with E-state index in [2.05, 4.69) is 77.9 Å². The third kappa shape index (κ3) is 4.29. The Morgan fingerprint density at radius 1 is 1.04 bits per heavy atom. The van der Waals surface area contributed by atoms with Crippen molar-refractivity contribution in [1.29, 1.82) is 0 Å². The molecule has 1 heterocycles. The molecule has 0 saturated heterocycles. The Bertz CT molecular complexity index is 940. The highest BCUT2D eigenvalue weighted by atomic mass is 32.1. The minimum absolute atomic E-state index is 0.675. The van der Waals surface area contributed by atoms with Gasteiger partial charge in [-0.05, 0) is 56.7 Å². The fourth-order valence-corrected chi connectivity index (χ4v) is 3.48. The van der Waals surface area contributed by atoms with E-state index in [0.717, 1.165) is 23.7 Å². The quantitative estimate of drug-likeness (QED) is 0.602. The molecule has 3 rings (SSSR count). The van der Waals surface area contributed by atoms with Crippen LogP contribution < -0.4 is 0 Å². The second-order valence-corrected chi connectivity index (χ2v) is 7.35. The number of aryl methyl sites for hydroxylation is 3. The lowest BCUT2D eigenvalue weighted by Crippen LogP contribution is -2.23. The van der Waals surface area contributed by atoms with Gasteiger partial charge in [0.25, 0.3) is 0 Å². The van der Waals surface area contributed by atoms with Gasteiger partial charge in [0.2, 0.25) is 0 Å². The maximum absolute atomic E-state index is 5.67. The Hall–Kier alpha value is -2.24. The number of aromatic nitrogens is 3. The van der Waals surface area contributed by atoms with Crippen LogP contribution in [0.15, 0.2) is 48.5 Å². The average molecular weight is 367 g/mol. The summed E-state index contributed by atoms with van der Waals surface area (Å²) in [6.07, 6.45) is 0. The van der Waals surface area contributed by atoms with Crippen LogP contribution in [0.5, 0.6) is 0 Å². The van der Waals surface area contributed by atoms with Gasteiger partial charge in [0.05, 0.1) is 13.2 Å². The Morgan fingerprint density at radius 2 is 1.77 bits per heavy atom. The molecule has 2 aromatic carbocycles. The predicted octanol–water partition coefficient (Wildman–Crippen LogP) is 4.48. The van der Waals surface area contributed by atoms with Gasteiger partial charge in [-0.2, -0.15) is 5.10 Å². The van der Waals surface area contributed by atoms with E-state index < -0.39 is 0 Å². The van der Waals surface area contributed by atoms with Gasteiger partial charge in [0.1, 0.15) is 5.82 Å². The smallest absolute Gasteiger partial charge is 0.199 e. The van der Waals surface area contributed by atoms with Crippen molar-refractivity contribution in [3.63, 3.8) is 0 Å². The van der Waals surface area contributed by atoms with Gasteiger partial charge in [0.15, 0.2) is 4.77 Å². The summed E-state index contributed by atoms with van der Waals surface area (Å²) in [4.78, 5) is 2.24. The van der Waals surface area contributed by atoms with Gasteiger partial charge in [-0.25, -0.2) is 4.68 Å². The SMILES string of the molecule is Cc1ccc(CN(C)Cn2nc(C)n(Cc3ccccc3)c2=S)c(C)c1. The van der Waals surface area contributed by atoms with Gasteiger partial charge >= 0.3 is 0 Å². The van der Waals surface area contributed by atoms with E-state index in [4.69, 9.17) is 12.2 Å². The zero-order valence-electron chi connectivity index (χ0n) is 15.9. The first-order valence-electron chi connectivity index (χ1n) is 8.87. The summed E-state index contributed by atoms with van der Waals surface area (Å²) >= 11 is 5.67. The van der Waals surface area contributed by atoms with Gasteiger partial charge in [-0.1, -0.05) is 54.1 Å². The lowest BCUT2D eigenvalue weighted by atomic mass is 10.1. The molecule has 26 heavy (non-hydrogen) atoms. The minimum Gasteiger partial charge on any atom is -0.300 e. The van der Waals surface area contributed by atoms with E-state index >= 15 is 0 Å². The zero-order valence-corrected chi connectivity index (χ0v) is 16.8. The van der Waals surface area contributed by atoms with Crippen LogP contribution in [0.1, 0.15) is 28.1 Å². The summed E-state index contributed by atoms with van der Waals surface area (Å²) in [5.74, 6) is 0.943. The van der Waals surface area contributed by atoms with Crippen molar-refractivity contribution in [2.24, 2.45) is 0 Å². The van der Waals surface area contributed by atoms with Gasteiger partial charge in [-0.15, -0.1) is 0 Å². The van der Waals surface area contributed by atoms with Crippen LogP contribution >= 0.6 is 12.2 Å². The maximum Gasteiger partial charge on any atom is 0.199 e. The van der Waals surface area contributed by atoms with E-state index in [9.17, 15) is 0 Å². The molecule has 4 nitrogen and oxygen atoms in total. The van der Waals surface area contributed by atoms with E-state index in [-0.39, 0.29) is 0 Å². The summed E-state index contributed by atoms with van der Waals surface area (Å²) < 4.78 is 4.77. The number of rotatable bonds is 6. The molecule has 0 aliphatic heterocycles. The number of benzene rings is 2. The number of nitrogens with zero attached hydrogens (tertiary/aromatic N) is 4. The average Bonchev–Trinajstić information content (AvgIpc) is 2.86. The lowest BCUT2D eigenvalue weighted by molar-refractivity contribution is 0.243. The highest BCUT2D eigenvalue weighted by molar-refractivity contribution is 7.71. The minimum atomic E-state index is 0.675. The first kappa shape index (κ1) is 18.5. The highest BCUT2D eigenvalue weighted by Gasteiger charge is 2.10. The first-order chi connectivity index (χ1) is 12.4. The Morgan fingerprint density at radius 3 is 2.46 bits per heavy atom. The molecule has 0 saturated carbocycles. The van der Waals surface area contributed by atoms with Crippen molar-refractivity contribution in [1.82, 2.24) is 19.2 Å². The summed E-state index contributed by atoms with van der Waals surface area (Å²) in [7, 11) is 2.10. The van der Waals surface area contributed by atoms with Crippen molar-refractivity contribution in [3.8, 4) is 0 Å². The van der Waals surface area contributed by atoms with E-state index in [1.807, 2.05) is 17.7 Å². The lowest BCUT2D eigenvalue weighted by Gasteiger charge is -2.18. The zero-order chi connectivity index (χ0) is 18.7. The van der Waals surface area contributed by atoms with E-state index in [1.54, 1.807) is 0 Å². The summed E-state index contributed by atoms with van der Waals surface area (Å²) in [5.41, 5.74) is 5.19. The van der Waals surface area contributed by atoms with Gasteiger partial charge in [0, 0.05) is 6.54 Å². The molecule has 5 heteroatoms. The first-order valence-corrected chi connectivity index (χ1v) is 9.27. The van der Waals surface area contributed by atoms with Gasteiger partial charge in [-0.3, -0.25) is 9.47 Å². The standard InChI is InChI=1S/C21H26N4S/c1-16-10-11-20(17(2)12-16)14-23(4)15-25-21(26)24(18(3)22-25)13-19-8-6-5-7-9-19/h5-12H,13-15H2,1-4H3. The molecule has 136 valence electrons. The molecule has 0 fully saturated rings.